The predicted molar refractivity (Wildman–Crippen MR) is 115 cm³/mol. The summed E-state index contributed by atoms with van der Waals surface area (Å²) in [6.45, 7) is -1.05. The Bertz CT molecular complexity index is 1240. The molecule has 0 atom stereocenters. The zero-order valence-corrected chi connectivity index (χ0v) is 17.6. The summed E-state index contributed by atoms with van der Waals surface area (Å²) in [5.41, 5.74) is 0.358. The van der Waals surface area contributed by atoms with Crippen molar-refractivity contribution >= 4 is 28.3 Å². The highest BCUT2D eigenvalue weighted by Gasteiger charge is 2.38. The van der Waals surface area contributed by atoms with E-state index in [0.717, 1.165) is 11.0 Å². The van der Waals surface area contributed by atoms with E-state index in [4.69, 9.17) is 14.6 Å². The molecular weight excluding hydrogens is 439 g/mol. The lowest BCUT2D eigenvalue weighted by Crippen LogP contribution is -2.24. The minimum absolute atomic E-state index is 0.0983. The normalized spacial score (nSPS) is 13.0. The lowest BCUT2D eigenvalue weighted by molar-refractivity contribution is -0.136. The Labute approximate surface area is 187 Å². The van der Waals surface area contributed by atoms with Gasteiger partial charge in [0.2, 0.25) is 0 Å². The second-order valence-electron chi connectivity index (χ2n) is 7.53. The number of carbonyl (C=O) groups is 2. The van der Waals surface area contributed by atoms with Gasteiger partial charge in [0, 0.05) is 16.3 Å². The first-order valence-electron chi connectivity index (χ1n) is 10.3. The van der Waals surface area contributed by atoms with Gasteiger partial charge in [-0.15, -0.1) is 0 Å². The lowest BCUT2D eigenvalue weighted by atomic mass is 9.99. The number of alkyl halides is 2. The van der Waals surface area contributed by atoms with Crippen LogP contribution in [0.3, 0.4) is 0 Å². The third-order valence-corrected chi connectivity index (χ3v) is 5.31. The van der Waals surface area contributed by atoms with Crippen molar-refractivity contribution in [2.75, 3.05) is 11.5 Å². The maximum absolute atomic E-state index is 14.9. The Morgan fingerprint density at radius 3 is 2.45 bits per heavy atom. The van der Waals surface area contributed by atoms with Gasteiger partial charge in [0.05, 0.1) is 30.8 Å². The van der Waals surface area contributed by atoms with Gasteiger partial charge < -0.3 is 19.5 Å². The van der Waals surface area contributed by atoms with E-state index in [1.807, 2.05) is 6.92 Å². The minimum atomic E-state index is -3.17. The molecule has 9 heteroatoms. The van der Waals surface area contributed by atoms with Crippen molar-refractivity contribution in [1.29, 1.82) is 0 Å². The van der Waals surface area contributed by atoms with Crippen LogP contribution in [0, 0.1) is 5.82 Å². The molecule has 0 aliphatic carbocycles. The van der Waals surface area contributed by atoms with Gasteiger partial charge >= 0.3 is 12.6 Å². The zero-order chi connectivity index (χ0) is 23.7. The largest absolute Gasteiger partial charge is 0.493 e. The van der Waals surface area contributed by atoms with Crippen LogP contribution in [-0.2, 0) is 17.8 Å². The van der Waals surface area contributed by atoms with Gasteiger partial charge in [-0.3, -0.25) is 9.59 Å². The van der Waals surface area contributed by atoms with E-state index in [2.05, 4.69) is 0 Å². The van der Waals surface area contributed by atoms with Crippen LogP contribution >= 0.6 is 0 Å². The first-order valence-corrected chi connectivity index (χ1v) is 10.3. The summed E-state index contributed by atoms with van der Waals surface area (Å²) >= 11 is 0. The molecule has 1 amide bonds. The first kappa shape index (κ1) is 22.4. The van der Waals surface area contributed by atoms with Crippen LogP contribution in [0.25, 0.3) is 10.8 Å². The molecular formula is C24H20F3NO5. The van der Waals surface area contributed by atoms with Crippen molar-refractivity contribution < 1.29 is 37.3 Å². The number of aliphatic carboxylic acids is 1. The van der Waals surface area contributed by atoms with Crippen LogP contribution in [0.5, 0.6) is 11.5 Å². The lowest BCUT2D eigenvalue weighted by Gasteiger charge is -2.17. The van der Waals surface area contributed by atoms with E-state index in [-0.39, 0.29) is 40.9 Å². The van der Waals surface area contributed by atoms with Crippen molar-refractivity contribution in [3.63, 3.8) is 0 Å². The summed E-state index contributed by atoms with van der Waals surface area (Å²) in [7, 11) is 0. The van der Waals surface area contributed by atoms with Gasteiger partial charge in [-0.2, -0.15) is 8.78 Å². The van der Waals surface area contributed by atoms with Crippen LogP contribution in [0.2, 0.25) is 0 Å². The van der Waals surface area contributed by atoms with E-state index < -0.39 is 24.3 Å². The first-order chi connectivity index (χ1) is 15.8. The van der Waals surface area contributed by atoms with E-state index in [0.29, 0.717) is 29.7 Å². The second-order valence-corrected chi connectivity index (χ2v) is 7.53. The van der Waals surface area contributed by atoms with Gasteiger partial charge in [0.15, 0.2) is 0 Å². The van der Waals surface area contributed by atoms with Crippen LogP contribution in [-0.4, -0.2) is 30.2 Å². The fourth-order valence-electron chi connectivity index (χ4n) is 4.00. The number of carboxylic acid groups (broad SMARTS) is 1. The molecule has 0 radical (unpaired) electrons. The number of carbonyl (C=O) groups excluding carboxylic acids is 1. The number of halogens is 3. The summed E-state index contributed by atoms with van der Waals surface area (Å²) in [5, 5.41) is 9.71. The maximum Gasteiger partial charge on any atom is 0.387 e. The molecule has 4 rings (SSSR count). The van der Waals surface area contributed by atoms with E-state index in [9.17, 15) is 22.8 Å². The maximum atomic E-state index is 14.9. The number of hydrogen-bond acceptors (Lipinski definition) is 4. The number of benzene rings is 3. The molecule has 0 aromatic heterocycles. The summed E-state index contributed by atoms with van der Waals surface area (Å²) in [6.07, 6.45) is 0.299. The van der Waals surface area contributed by atoms with E-state index in [1.54, 1.807) is 24.3 Å². The average Bonchev–Trinajstić information content (AvgIpc) is 3.09. The fourth-order valence-corrected chi connectivity index (χ4v) is 4.00. The van der Waals surface area contributed by atoms with Crippen molar-refractivity contribution in [2.24, 2.45) is 0 Å². The van der Waals surface area contributed by atoms with Crippen molar-refractivity contribution in [2.45, 2.75) is 32.9 Å². The Morgan fingerprint density at radius 1 is 1.15 bits per heavy atom. The van der Waals surface area contributed by atoms with Crippen LogP contribution in [0.1, 0.15) is 34.8 Å². The molecule has 1 aliphatic rings. The number of rotatable bonds is 8. The van der Waals surface area contributed by atoms with Gasteiger partial charge in [-0.05, 0) is 24.1 Å². The van der Waals surface area contributed by atoms with Crippen LogP contribution in [0.15, 0.2) is 42.5 Å². The van der Waals surface area contributed by atoms with E-state index in [1.165, 1.54) is 12.1 Å². The quantitative estimate of drug-likeness (QED) is 0.504. The number of ether oxygens (including phenoxy) is 2. The molecule has 0 saturated heterocycles. The molecule has 1 aliphatic heterocycles. The molecule has 172 valence electrons. The Balaban J connectivity index is 1.87. The molecule has 0 saturated carbocycles. The predicted octanol–water partition coefficient (Wildman–Crippen LogP) is 5.16. The molecule has 3 aromatic carbocycles. The number of carboxylic acids is 1. The van der Waals surface area contributed by atoms with Gasteiger partial charge in [-0.1, -0.05) is 37.3 Å². The van der Waals surface area contributed by atoms with Gasteiger partial charge in [-0.25, -0.2) is 4.39 Å². The number of hydrogen-bond donors (Lipinski definition) is 1. The molecule has 0 fully saturated rings. The van der Waals surface area contributed by atoms with E-state index >= 15 is 0 Å². The van der Waals surface area contributed by atoms with Crippen molar-refractivity contribution in [3.05, 3.63) is 65.0 Å². The third-order valence-electron chi connectivity index (χ3n) is 5.31. The molecule has 3 aromatic rings. The van der Waals surface area contributed by atoms with Gasteiger partial charge in [0.1, 0.15) is 17.3 Å². The smallest absolute Gasteiger partial charge is 0.387 e. The highest BCUT2D eigenvalue weighted by atomic mass is 19.3. The molecule has 33 heavy (non-hydrogen) atoms. The minimum Gasteiger partial charge on any atom is -0.493 e. The summed E-state index contributed by atoms with van der Waals surface area (Å²) in [6, 6.07) is 10.4. The molecule has 0 bridgehead atoms. The highest BCUT2D eigenvalue weighted by Crippen LogP contribution is 2.46. The standard InChI is InChI=1S/C24H20F3NO5/c1-2-9-32-21-14-5-3-4-6-15(14)22(33-24(26)27)20-16(21)12-28(23(20)31)18-8-7-13(10-17(18)25)11-19(29)30/h3-8,10,24H,2,9,11-12H2,1H3,(H,29,30). The monoisotopic (exact) mass is 459 g/mol. The zero-order valence-electron chi connectivity index (χ0n) is 17.6. The topological polar surface area (TPSA) is 76.1 Å². The Kier molecular flexibility index (Phi) is 6.13. The Morgan fingerprint density at radius 2 is 1.85 bits per heavy atom. The summed E-state index contributed by atoms with van der Waals surface area (Å²) < 4.78 is 52.2. The molecule has 6 nitrogen and oxygen atoms in total. The molecule has 1 N–H and O–H groups in total. The SMILES string of the molecule is CCCOc1c2c(c(OC(F)F)c3ccccc13)C(=O)N(c1ccc(CC(=O)O)cc1F)C2. The fraction of sp³-hybridized carbons (Fsp3) is 0.250. The second kappa shape index (κ2) is 9.01. The average molecular weight is 459 g/mol. The summed E-state index contributed by atoms with van der Waals surface area (Å²) in [5.74, 6) is -2.55. The molecule has 0 unspecified atom stereocenters. The highest BCUT2D eigenvalue weighted by molar-refractivity contribution is 6.17. The number of anilines is 1. The third kappa shape index (κ3) is 4.18. The number of amides is 1. The van der Waals surface area contributed by atoms with Crippen molar-refractivity contribution in [3.8, 4) is 11.5 Å². The van der Waals surface area contributed by atoms with Crippen LogP contribution in [0.4, 0.5) is 18.9 Å². The number of fused-ring (bicyclic) bond motifs is 2. The molecule has 0 spiro atoms. The number of nitrogens with zero attached hydrogens (tertiary/aromatic N) is 1. The Hall–Kier alpha value is -3.75. The summed E-state index contributed by atoms with van der Waals surface area (Å²) in [4.78, 5) is 25.4. The van der Waals surface area contributed by atoms with Crippen LogP contribution < -0.4 is 14.4 Å². The van der Waals surface area contributed by atoms with Gasteiger partial charge in [0.25, 0.3) is 5.91 Å². The van der Waals surface area contributed by atoms with Crippen molar-refractivity contribution in [1.82, 2.24) is 0 Å². The molecule has 1 heterocycles.